The Kier molecular flexibility index (Phi) is 5.36. The normalized spacial score (nSPS) is 12.5. The molecule has 28 heavy (non-hydrogen) atoms. The number of rotatable bonds is 7. The summed E-state index contributed by atoms with van der Waals surface area (Å²) in [4.78, 5) is 24.1. The van der Waals surface area contributed by atoms with E-state index in [1.807, 2.05) is 31.2 Å². The van der Waals surface area contributed by atoms with Gasteiger partial charge in [-0.2, -0.15) is 0 Å². The first kappa shape index (κ1) is 19.4. The minimum absolute atomic E-state index is 0.206. The van der Waals surface area contributed by atoms with Crippen LogP contribution in [0.4, 0.5) is 5.82 Å². The van der Waals surface area contributed by atoms with E-state index in [9.17, 15) is 13.2 Å². The van der Waals surface area contributed by atoms with E-state index in [0.29, 0.717) is 16.9 Å². The second kappa shape index (κ2) is 7.73. The molecule has 1 atom stereocenters. The molecule has 3 aromatic heterocycles. The number of hydrogen-bond donors (Lipinski definition) is 2. The number of nitrogens with one attached hydrogen (secondary N) is 1. The van der Waals surface area contributed by atoms with Crippen LogP contribution in [-0.2, 0) is 14.6 Å². The van der Waals surface area contributed by atoms with Crippen LogP contribution in [0.1, 0.15) is 5.56 Å². The van der Waals surface area contributed by atoms with E-state index in [0.717, 1.165) is 17.0 Å². The lowest BCUT2D eigenvalue weighted by Gasteiger charge is -2.17. The highest BCUT2D eigenvalue weighted by atomic mass is 32.2. The van der Waals surface area contributed by atoms with Crippen LogP contribution >= 0.6 is 0 Å². The molecular weight excluding hydrogens is 380 g/mol. The molecule has 0 spiro atoms. The fourth-order valence-corrected chi connectivity index (χ4v) is 3.86. The first-order valence-corrected chi connectivity index (χ1v) is 10.0. The standard InChI is InChI=1S/C19H18N4O4S/c1-3-15(28(26,27)11-16(24)25)23-19-18-13(7-5-9-21-18)10-14(22-19)17-12(2)6-4-8-20-17/h3-10,15H,1,11H2,2H3,(H,22,23)(H,24,25). The van der Waals surface area contributed by atoms with Crippen molar-refractivity contribution in [2.24, 2.45) is 0 Å². The fraction of sp³-hybridized carbons (Fsp3) is 0.158. The summed E-state index contributed by atoms with van der Waals surface area (Å²) in [6.07, 6.45) is 4.34. The number of aryl methyl sites for hydroxylation is 1. The van der Waals surface area contributed by atoms with Gasteiger partial charge in [-0.05, 0) is 30.7 Å². The molecule has 0 saturated carbocycles. The highest BCUT2D eigenvalue weighted by molar-refractivity contribution is 7.92. The zero-order valence-corrected chi connectivity index (χ0v) is 15.8. The van der Waals surface area contributed by atoms with Gasteiger partial charge in [-0.25, -0.2) is 13.4 Å². The molecule has 0 aliphatic heterocycles. The Balaban J connectivity index is 2.13. The molecule has 0 aliphatic carbocycles. The molecule has 9 heteroatoms. The minimum atomic E-state index is -4.04. The lowest BCUT2D eigenvalue weighted by Crippen LogP contribution is -2.32. The minimum Gasteiger partial charge on any atom is -0.480 e. The fourth-order valence-electron chi connectivity index (χ4n) is 2.75. The number of carboxylic acids is 1. The molecule has 144 valence electrons. The third kappa shape index (κ3) is 3.99. The zero-order chi connectivity index (χ0) is 20.3. The van der Waals surface area contributed by atoms with Gasteiger partial charge in [0.2, 0.25) is 0 Å². The number of aliphatic carboxylic acids is 1. The van der Waals surface area contributed by atoms with Crippen LogP contribution in [0.2, 0.25) is 0 Å². The van der Waals surface area contributed by atoms with Crippen LogP contribution in [0.15, 0.2) is 55.4 Å². The number of sulfone groups is 1. The number of carbonyl (C=O) groups is 1. The maximum Gasteiger partial charge on any atom is 0.318 e. The van der Waals surface area contributed by atoms with Crippen molar-refractivity contribution in [3.8, 4) is 11.4 Å². The molecule has 1 unspecified atom stereocenters. The molecule has 2 N–H and O–H groups in total. The van der Waals surface area contributed by atoms with Gasteiger partial charge in [0.25, 0.3) is 0 Å². The van der Waals surface area contributed by atoms with Crippen LogP contribution in [-0.4, -0.2) is 45.6 Å². The first-order chi connectivity index (χ1) is 13.3. The van der Waals surface area contributed by atoms with Crippen molar-refractivity contribution in [1.29, 1.82) is 0 Å². The van der Waals surface area contributed by atoms with Crippen molar-refractivity contribution in [3.63, 3.8) is 0 Å². The number of pyridine rings is 3. The smallest absolute Gasteiger partial charge is 0.318 e. The Morgan fingerprint density at radius 1 is 1.29 bits per heavy atom. The molecule has 0 aromatic carbocycles. The van der Waals surface area contributed by atoms with Gasteiger partial charge in [0.05, 0.1) is 11.4 Å². The Morgan fingerprint density at radius 2 is 2.00 bits per heavy atom. The Labute approximate surface area is 161 Å². The molecule has 3 aromatic rings. The molecule has 0 aliphatic rings. The van der Waals surface area contributed by atoms with Crippen molar-refractivity contribution in [2.45, 2.75) is 12.3 Å². The summed E-state index contributed by atoms with van der Waals surface area (Å²) in [5.74, 6) is -2.26. The van der Waals surface area contributed by atoms with Crippen LogP contribution in [0.3, 0.4) is 0 Å². The SMILES string of the molecule is C=CC(Nc1nc(-c2ncccc2C)cc2cccnc12)S(=O)(=O)CC(=O)O. The molecule has 0 bridgehead atoms. The van der Waals surface area contributed by atoms with Crippen molar-refractivity contribution >= 4 is 32.5 Å². The predicted octanol–water partition coefficient (Wildman–Crippen LogP) is 2.42. The maximum absolute atomic E-state index is 12.3. The Morgan fingerprint density at radius 3 is 2.68 bits per heavy atom. The Bertz CT molecular complexity index is 1160. The Hall–Kier alpha value is -3.33. The number of nitrogens with zero attached hydrogens (tertiary/aromatic N) is 3. The second-order valence-corrected chi connectivity index (χ2v) is 8.22. The number of anilines is 1. The molecule has 0 amide bonds. The van der Waals surface area contributed by atoms with Crippen molar-refractivity contribution in [2.75, 3.05) is 11.1 Å². The summed E-state index contributed by atoms with van der Waals surface area (Å²) in [7, 11) is -4.04. The van der Waals surface area contributed by atoms with E-state index in [-0.39, 0.29) is 5.82 Å². The second-order valence-electron chi connectivity index (χ2n) is 6.10. The van der Waals surface area contributed by atoms with E-state index in [2.05, 4.69) is 26.8 Å². The quantitative estimate of drug-likeness (QED) is 0.582. The van der Waals surface area contributed by atoms with Crippen LogP contribution in [0.5, 0.6) is 0 Å². The summed E-state index contributed by atoms with van der Waals surface area (Å²) < 4.78 is 24.7. The highest BCUT2D eigenvalue weighted by Crippen LogP contribution is 2.28. The van der Waals surface area contributed by atoms with Gasteiger partial charge < -0.3 is 10.4 Å². The van der Waals surface area contributed by atoms with Gasteiger partial charge in [-0.15, -0.1) is 6.58 Å². The summed E-state index contributed by atoms with van der Waals surface area (Å²) in [5, 5.41) is 11.1. The number of hydrogen-bond acceptors (Lipinski definition) is 7. The summed E-state index contributed by atoms with van der Waals surface area (Å²) in [6.45, 7) is 5.41. The molecule has 8 nitrogen and oxygen atoms in total. The number of fused-ring (bicyclic) bond motifs is 1. The molecule has 3 rings (SSSR count). The van der Waals surface area contributed by atoms with Gasteiger partial charge in [0, 0.05) is 17.8 Å². The maximum atomic E-state index is 12.3. The zero-order valence-electron chi connectivity index (χ0n) is 15.0. The van der Waals surface area contributed by atoms with Crippen molar-refractivity contribution < 1.29 is 18.3 Å². The largest absolute Gasteiger partial charge is 0.480 e. The summed E-state index contributed by atoms with van der Waals surface area (Å²) >= 11 is 0. The average molecular weight is 398 g/mol. The topological polar surface area (TPSA) is 122 Å². The third-order valence-electron chi connectivity index (χ3n) is 4.04. The van der Waals surface area contributed by atoms with Gasteiger partial charge >= 0.3 is 5.97 Å². The number of aromatic nitrogens is 3. The third-order valence-corrected chi connectivity index (χ3v) is 5.78. The summed E-state index contributed by atoms with van der Waals surface area (Å²) in [6, 6.07) is 9.11. The lowest BCUT2D eigenvalue weighted by atomic mass is 10.1. The molecular formula is C19H18N4O4S. The van der Waals surface area contributed by atoms with Crippen LogP contribution < -0.4 is 5.32 Å². The monoisotopic (exact) mass is 398 g/mol. The molecule has 0 fully saturated rings. The first-order valence-electron chi connectivity index (χ1n) is 8.32. The van der Waals surface area contributed by atoms with Crippen LogP contribution in [0.25, 0.3) is 22.3 Å². The van der Waals surface area contributed by atoms with E-state index in [1.165, 1.54) is 0 Å². The predicted molar refractivity (Wildman–Crippen MR) is 107 cm³/mol. The van der Waals surface area contributed by atoms with Gasteiger partial charge in [-0.1, -0.05) is 18.2 Å². The molecule has 0 radical (unpaired) electrons. The van der Waals surface area contributed by atoms with E-state index in [4.69, 9.17) is 5.11 Å². The van der Waals surface area contributed by atoms with E-state index in [1.54, 1.807) is 18.5 Å². The van der Waals surface area contributed by atoms with Gasteiger partial charge in [0.1, 0.15) is 16.6 Å². The van der Waals surface area contributed by atoms with Crippen LogP contribution in [0, 0.1) is 6.92 Å². The van der Waals surface area contributed by atoms with E-state index < -0.39 is 26.9 Å². The molecule has 3 heterocycles. The van der Waals surface area contributed by atoms with Gasteiger partial charge in [-0.3, -0.25) is 14.8 Å². The van der Waals surface area contributed by atoms with Crippen molar-refractivity contribution in [1.82, 2.24) is 15.0 Å². The molecule has 0 saturated heterocycles. The van der Waals surface area contributed by atoms with Gasteiger partial charge in [0.15, 0.2) is 15.7 Å². The summed E-state index contributed by atoms with van der Waals surface area (Å²) in [5.41, 5.74) is 2.56. The lowest BCUT2D eigenvalue weighted by molar-refractivity contribution is -0.134. The highest BCUT2D eigenvalue weighted by Gasteiger charge is 2.27. The average Bonchev–Trinajstić information content (AvgIpc) is 2.65. The number of carboxylic acid groups (broad SMARTS) is 1. The van der Waals surface area contributed by atoms with Crippen molar-refractivity contribution in [3.05, 3.63) is 60.9 Å². The van der Waals surface area contributed by atoms with E-state index >= 15 is 0 Å².